The lowest BCUT2D eigenvalue weighted by atomic mass is 10.0. The Bertz CT molecular complexity index is 405. The molecule has 1 heterocycles. The Morgan fingerprint density at radius 3 is 2.60 bits per heavy atom. The van der Waals surface area contributed by atoms with E-state index < -0.39 is 0 Å². The van der Waals surface area contributed by atoms with E-state index in [0.717, 1.165) is 11.8 Å². The number of rotatable bonds is 5. The van der Waals surface area contributed by atoms with Gasteiger partial charge in [0.1, 0.15) is 0 Å². The maximum absolute atomic E-state index is 6.06. The molecule has 2 unspecified atom stereocenters. The highest BCUT2D eigenvalue weighted by Crippen LogP contribution is 2.29. The molecule has 0 aromatic heterocycles. The molecule has 2 rings (SSSR count). The maximum atomic E-state index is 6.06. The molecule has 0 aliphatic carbocycles. The first-order valence-electron chi connectivity index (χ1n) is 7.48. The van der Waals surface area contributed by atoms with Gasteiger partial charge >= 0.3 is 0 Å². The van der Waals surface area contributed by atoms with E-state index >= 15 is 0 Å². The summed E-state index contributed by atoms with van der Waals surface area (Å²) in [4.78, 5) is 4.70. The Kier molecular flexibility index (Phi) is 5.75. The van der Waals surface area contributed by atoms with Crippen molar-refractivity contribution in [1.82, 2.24) is 4.90 Å². The highest BCUT2D eigenvalue weighted by Gasteiger charge is 2.25. The third kappa shape index (κ3) is 3.68. The van der Waals surface area contributed by atoms with Crippen LogP contribution in [0.3, 0.4) is 0 Å². The van der Waals surface area contributed by atoms with Crippen LogP contribution >= 0.6 is 11.8 Å². The van der Waals surface area contributed by atoms with Crippen LogP contribution in [0.1, 0.15) is 24.9 Å². The van der Waals surface area contributed by atoms with Crippen LogP contribution in [0.15, 0.2) is 24.3 Å². The molecule has 0 spiro atoms. The van der Waals surface area contributed by atoms with E-state index in [1.54, 1.807) is 0 Å². The van der Waals surface area contributed by atoms with Crippen molar-refractivity contribution in [2.75, 3.05) is 44.4 Å². The standard InChI is InChI=1S/C16H27N3S/c1-4-15-12-19(9-10-20-15)16(11-17)13-5-7-14(8-6-13)18(2)3/h5-8,15-16H,4,9-12,17H2,1-3H3. The van der Waals surface area contributed by atoms with E-state index in [1.165, 1.54) is 30.0 Å². The Hall–Kier alpha value is -0.710. The van der Waals surface area contributed by atoms with Gasteiger partial charge in [-0.25, -0.2) is 0 Å². The molecule has 2 N–H and O–H groups in total. The van der Waals surface area contributed by atoms with Crippen LogP contribution in [0.5, 0.6) is 0 Å². The molecular formula is C16H27N3S. The molecule has 3 nitrogen and oxygen atoms in total. The van der Waals surface area contributed by atoms with Gasteiger partial charge in [-0.3, -0.25) is 4.90 Å². The van der Waals surface area contributed by atoms with Gasteiger partial charge in [0.25, 0.3) is 0 Å². The third-order valence-electron chi connectivity index (χ3n) is 4.08. The minimum atomic E-state index is 0.362. The van der Waals surface area contributed by atoms with Gasteiger partial charge < -0.3 is 10.6 Å². The summed E-state index contributed by atoms with van der Waals surface area (Å²) in [5, 5.41) is 0.763. The van der Waals surface area contributed by atoms with Crippen LogP contribution in [0.25, 0.3) is 0 Å². The monoisotopic (exact) mass is 293 g/mol. The molecule has 1 saturated heterocycles. The van der Waals surface area contributed by atoms with Crippen molar-refractivity contribution in [3.05, 3.63) is 29.8 Å². The molecule has 0 bridgehead atoms. The fourth-order valence-corrected chi connectivity index (χ4v) is 3.97. The molecule has 112 valence electrons. The van der Waals surface area contributed by atoms with Crippen LogP contribution in [-0.4, -0.2) is 49.6 Å². The largest absolute Gasteiger partial charge is 0.378 e. The number of hydrogen-bond acceptors (Lipinski definition) is 4. The second-order valence-electron chi connectivity index (χ2n) is 5.63. The van der Waals surface area contributed by atoms with Gasteiger partial charge in [0.05, 0.1) is 0 Å². The molecule has 1 aliphatic rings. The molecule has 4 heteroatoms. The van der Waals surface area contributed by atoms with Gasteiger partial charge in [-0.1, -0.05) is 19.1 Å². The SMILES string of the molecule is CCC1CN(C(CN)c2ccc(N(C)C)cc2)CCS1. The van der Waals surface area contributed by atoms with Gasteiger partial charge in [-0.05, 0) is 24.1 Å². The Labute approximate surface area is 127 Å². The zero-order valence-electron chi connectivity index (χ0n) is 12.9. The topological polar surface area (TPSA) is 32.5 Å². The quantitative estimate of drug-likeness (QED) is 0.904. The van der Waals surface area contributed by atoms with Crippen molar-refractivity contribution in [3.63, 3.8) is 0 Å². The van der Waals surface area contributed by atoms with Crippen molar-refractivity contribution in [2.45, 2.75) is 24.6 Å². The summed E-state index contributed by atoms with van der Waals surface area (Å²) >= 11 is 2.11. The first-order valence-corrected chi connectivity index (χ1v) is 8.53. The molecule has 1 aromatic rings. The first kappa shape index (κ1) is 15.7. The molecular weight excluding hydrogens is 266 g/mol. The third-order valence-corrected chi connectivity index (χ3v) is 5.46. The average molecular weight is 293 g/mol. The van der Waals surface area contributed by atoms with E-state index in [9.17, 15) is 0 Å². The fraction of sp³-hybridized carbons (Fsp3) is 0.625. The van der Waals surface area contributed by atoms with E-state index in [0.29, 0.717) is 12.6 Å². The predicted octanol–water partition coefficient (Wildman–Crippen LogP) is 2.58. The molecule has 0 amide bonds. The van der Waals surface area contributed by atoms with Gasteiger partial charge in [0.2, 0.25) is 0 Å². The minimum Gasteiger partial charge on any atom is -0.378 e. The molecule has 2 atom stereocenters. The highest BCUT2D eigenvalue weighted by molar-refractivity contribution is 8.00. The smallest absolute Gasteiger partial charge is 0.0471 e. The fourth-order valence-electron chi connectivity index (χ4n) is 2.76. The molecule has 1 fully saturated rings. The predicted molar refractivity (Wildman–Crippen MR) is 90.7 cm³/mol. The second-order valence-corrected chi connectivity index (χ2v) is 7.04. The maximum Gasteiger partial charge on any atom is 0.0471 e. The lowest BCUT2D eigenvalue weighted by Gasteiger charge is -2.37. The summed E-state index contributed by atoms with van der Waals surface area (Å²) in [5.41, 5.74) is 8.65. The lowest BCUT2D eigenvalue weighted by Crippen LogP contribution is -2.42. The molecule has 1 aliphatic heterocycles. The Balaban J connectivity index is 2.10. The van der Waals surface area contributed by atoms with Crippen molar-refractivity contribution >= 4 is 17.4 Å². The normalized spacial score (nSPS) is 21.7. The van der Waals surface area contributed by atoms with Gasteiger partial charge in [0.15, 0.2) is 0 Å². The van der Waals surface area contributed by atoms with Gasteiger partial charge in [-0.15, -0.1) is 0 Å². The lowest BCUT2D eigenvalue weighted by molar-refractivity contribution is 0.207. The number of anilines is 1. The number of nitrogens with zero attached hydrogens (tertiary/aromatic N) is 2. The van der Waals surface area contributed by atoms with Crippen LogP contribution in [0.4, 0.5) is 5.69 Å². The number of thioether (sulfide) groups is 1. The zero-order valence-corrected chi connectivity index (χ0v) is 13.7. The number of benzene rings is 1. The van der Waals surface area contributed by atoms with Crippen molar-refractivity contribution in [3.8, 4) is 0 Å². The molecule has 1 aromatic carbocycles. The summed E-state index contributed by atoms with van der Waals surface area (Å²) in [6, 6.07) is 9.20. The Morgan fingerprint density at radius 1 is 1.35 bits per heavy atom. The number of nitrogens with two attached hydrogens (primary N) is 1. The summed E-state index contributed by atoms with van der Waals surface area (Å²) in [6.07, 6.45) is 1.25. The Morgan fingerprint density at radius 2 is 2.05 bits per heavy atom. The van der Waals surface area contributed by atoms with E-state index in [1.807, 2.05) is 0 Å². The molecule has 0 saturated carbocycles. The van der Waals surface area contributed by atoms with E-state index in [2.05, 4.69) is 66.8 Å². The zero-order chi connectivity index (χ0) is 14.5. The minimum absolute atomic E-state index is 0.362. The van der Waals surface area contributed by atoms with Gasteiger partial charge in [0, 0.05) is 56.5 Å². The van der Waals surface area contributed by atoms with Crippen LogP contribution in [-0.2, 0) is 0 Å². The first-order chi connectivity index (χ1) is 9.65. The summed E-state index contributed by atoms with van der Waals surface area (Å²) < 4.78 is 0. The second kappa shape index (κ2) is 7.34. The summed E-state index contributed by atoms with van der Waals surface area (Å²) in [5.74, 6) is 1.23. The van der Waals surface area contributed by atoms with Crippen molar-refractivity contribution < 1.29 is 0 Å². The molecule has 0 radical (unpaired) electrons. The average Bonchev–Trinajstić information content (AvgIpc) is 2.49. The van der Waals surface area contributed by atoms with E-state index in [4.69, 9.17) is 5.73 Å². The van der Waals surface area contributed by atoms with Crippen LogP contribution in [0, 0.1) is 0 Å². The van der Waals surface area contributed by atoms with Crippen molar-refractivity contribution in [2.24, 2.45) is 5.73 Å². The van der Waals surface area contributed by atoms with Gasteiger partial charge in [-0.2, -0.15) is 11.8 Å². The van der Waals surface area contributed by atoms with Crippen LogP contribution < -0.4 is 10.6 Å². The summed E-state index contributed by atoms with van der Waals surface area (Å²) in [7, 11) is 4.15. The van der Waals surface area contributed by atoms with Crippen molar-refractivity contribution in [1.29, 1.82) is 0 Å². The molecule has 20 heavy (non-hydrogen) atoms. The van der Waals surface area contributed by atoms with Crippen LogP contribution in [0.2, 0.25) is 0 Å². The number of hydrogen-bond donors (Lipinski definition) is 1. The summed E-state index contributed by atoms with van der Waals surface area (Å²) in [6.45, 7) is 5.30. The highest BCUT2D eigenvalue weighted by atomic mass is 32.2. The van der Waals surface area contributed by atoms with E-state index in [-0.39, 0.29) is 0 Å².